The molecule has 510 valence electrons. The number of carbonyl (C=O) groups is 4. The Kier molecular flexibility index (Phi) is 55.7. The highest BCUT2D eigenvalue weighted by Gasteiger charge is 2.30. The van der Waals surface area contributed by atoms with Crippen LogP contribution in [0, 0.1) is 23.7 Å². The normalized spacial score (nSPS) is 14.4. The number of hydrogen-bond acceptors (Lipinski definition) is 15. The van der Waals surface area contributed by atoms with E-state index in [2.05, 4.69) is 55.4 Å². The minimum absolute atomic E-state index is 0.103. The standard InChI is InChI=1S/C67H130O17P2/c1-57(2)43-35-27-19-13-11-9-10-12-14-23-33-41-49-66(71)83-63(54-78-65(70)48-40-32-26-25-30-38-46-60(7)8)56-82-86(75,76)80-52-61(68)51-79-85(73,74)81-55-62(84-67(72)50-42-34-24-18-16-21-29-37-45-59(5)6)53-77-64(69)47-39-31-22-17-15-20-28-36-44-58(3)4/h57-63,68H,9-56H2,1-8H3,(H,73,74)(H,75,76)/t61-,62-,63-/m1/s1. The molecule has 3 N–H and O–H groups in total. The van der Waals surface area contributed by atoms with Gasteiger partial charge < -0.3 is 33.8 Å². The number of rotatable bonds is 64. The maximum Gasteiger partial charge on any atom is 0.472 e. The molecule has 5 atom stereocenters. The lowest BCUT2D eigenvalue weighted by Crippen LogP contribution is -2.30. The van der Waals surface area contributed by atoms with Gasteiger partial charge in [0.2, 0.25) is 0 Å². The fraction of sp³-hybridized carbons (Fsp3) is 0.940. The smallest absolute Gasteiger partial charge is 0.462 e. The number of unbranched alkanes of at least 4 members (excludes halogenated alkanes) is 30. The number of aliphatic hydroxyl groups excluding tert-OH is 1. The van der Waals surface area contributed by atoms with E-state index >= 15 is 0 Å². The highest BCUT2D eigenvalue weighted by molar-refractivity contribution is 7.47. The number of ether oxygens (including phenoxy) is 4. The average Bonchev–Trinajstić information content (AvgIpc) is 3.64. The van der Waals surface area contributed by atoms with E-state index in [1.165, 1.54) is 122 Å². The van der Waals surface area contributed by atoms with Crippen LogP contribution in [0.5, 0.6) is 0 Å². The van der Waals surface area contributed by atoms with E-state index in [4.69, 9.17) is 37.0 Å². The Hall–Kier alpha value is -1.94. The van der Waals surface area contributed by atoms with Crippen LogP contribution in [0.4, 0.5) is 0 Å². The van der Waals surface area contributed by atoms with Crippen molar-refractivity contribution in [3.63, 3.8) is 0 Å². The number of aliphatic hydroxyl groups is 1. The molecule has 0 aromatic rings. The molecule has 0 amide bonds. The predicted octanol–water partition coefficient (Wildman–Crippen LogP) is 18.5. The molecule has 0 rings (SSSR count). The summed E-state index contributed by atoms with van der Waals surface area (Å²) in [6.45, 7) is 14.0. The minimum Gasteiger partial charge on any atom is -0.462 e. The molecule has 2 unspecified atom stereocenters. The maximum absolute atomic E-state index is 13.0. The fourth-order valence-electron chi connectivity index (χ4n) is 9.96. The van der Waals surface area contributed by atoms with Crippen LogP contribution in [0.25, 0.3) is 0 Å². The zero-order valence-corrected chi connectivity index (χ0v) is 57.7. The second-order valence-electron chi connectivity index (χ2n) is 26.1. The highest BCUT2D eigenvalue weighted by Crippen LogP contribution is 2.45. The molecular weight excluding hydrogens is 1140 g/mol. The van der Waals surface area contributed by atoms with Gasteiger partial charge in [0.05, 0.1) is 26.4 Å². The molecule has 86 heavy (non-hydrogen) atoms. The van der Waals surface area contributed by atoms with E-state index in [0.29, 0.717) is 31.6 Å². The summed E-state index contributed by atoms with van der Waals surface area (Å²) in [5.41, 5.74) is 0. The highest BCUT2D eigenvalue weighted by atomic mass is 31.2. The van der Waals surface area contributed by atoms with Crippen LogP contribution in [0.3, 0.4) is 0 Å². The van der Waals surface area contributed by atoms with Crippen molar-refractivity contribution in [1.82, 2.24) is 0 Å². The van der Waals surface area contributed by atoms with Crippen LogP contribution in [0.1, 0.15) is 325 Å². The molecule has 19 heteroatoms. The number of carbonyl (C=O) groups excluding carboxylic acids is 4. The van der Waals surface area contributed by atoms with Crippen molar-refractivity contribution in [3.8, 4) is 0 Å². The molecule has 0 fully saturated rings. The summed E-state index contributed by atoms with van der Waals surface area (Å²) in [6, 6.07) is 0. The Balaban J connectivity index is 5.24. The Morgan fingerprint density at radius 1 is 0.291 bits per heavy atom. The van der Waals surface area contributed by atoms with Crippen LogP contribution in [-0.2, 0) is 65.4 Å². The largest absolute Gasteiger partial charge is 0.472 e. The average molecular weight is 1270 g/mol. The van der Waals surface area contributed by atoms with E-state index in [9.17, 15) is 43.2 Å². The van der Waals surface area contributed by atoms with Gasteiger partial charge in [-0.2, -0.15) is 0 Å². The van der Waals surface area contributed by atoms with Gasteiger partial charge in [0.25, 0.3) is 0 Å². The summed E-state index contributed by atoms with van der Waals surface area (Å²) < 4.78 is 68.1. The van der Waals surface area contributed by atoms with Crippen molar-refractivity contribution in [2.75, 3.05) is 39.6 Å². The van der Waals surface area contributed by atoms with Crippen LogP contribution in [0.15, 0.2) is 0 Å². The van der Waals surface area contributed by atoms with Gasteiger partial charge in [-0.05, 0) is 49.4 Å². The second-order valence-corrected chi connectivity index (χ2v) is 29.0. The molecule has 0 saturated carbocycles. The minimum atomic E-state index is -4.95. The lowest BCUT2D eigenvalue weighted by molar-refractivity contribution is -0.161. The Morgan fingerprint density at radius 3 is 0.721 bits per heavy atom. The van der Waals surface area contributed by atoms with Crippen molar-refractivity contribution in [2.45, 2.75) is 343 Å². The van der Waals surface area contributed by atoms with Crippen LogP contribution in [-0.4, -0.2) is 96.7 Å². The molecule has 0 aliphatic carbocycles. The molecule has 17 nitrogen and oxygen atoms in total. The molecule has 0 heterocycles. The summed E-state index contributed by atoms with van der Waals surface area (Å²) in [4.78, 5) is 72.3. The summed E-state index contributed by atoms with van der Waals surface area (Å²) in [7, 11) is -9.90. The Bertz CT molecular complexity index is 1710. The van der Waals surface area contributed by atoms with Gasteiger partial charge >= 0.3 is 39.5 Å². The van der Waals surface area contributed by atoms with Crippen LogP contribution >= 0.6 is 15.6 Å². The first-order valence-electron chi connectivity index (χ1n) is 34.7. The van der Waals surface area contributed by atoms with E-state index < -0.39 is 97.5 Å². The zero-order chi connectivity index (χ0) is 63.9. The van der Waals surface area contributed by atoms with E-state index in [1.807, 2.05) is 0 Å². The van der Waals surface area contributed by atoms with Crippen molar-refractivity contribution < 1.29 is 80.2 Å². The van der Waals surface area contributed by atoms with Gasteiger partial charge in [-0.15, -0.1) is 0 Å². The topological polar surface area (TPSA) is 237 Å². The third-order valence-electron chi connectivity index (χ3n) is 15.3. The Labute approximate surface area is 524 Å². The predicted molar refractivity (Wildman–Crippen MR) is 344 cm³/mol. The van der Waals surface area contributed by atoms with Gasteiger partial charge in [-0.25, -0.2) is 9.13 Å². The zero-order valence-electron chi connectivity index (χ0n) is 55.9. The van der Waals surface area contributed by atoms with Gasteiger partial charge in [0.1, 0.15) is 19.3 Å². The molecular formula is C67H130O17P2. The molecule has 0 aromatic heterocycles. The summed E-state index contributed by atoms with van der Waals surface area (Å²) in [5, 5.41) is 10.6. The van der Waals surface area contributed by atoms with Gasteiger partial charge in [-0.1, -0.05) is 274 Å². The third kappa shape index (κ3) is 60.9. The van der Waals surface area contributed by atoms with Crippen molar-refractivity contribution >= 4 is 39.5 Å². The van der Waals surface area contributed by atoms with Gasteiger partial charge in [-0.3, -0.25) is 37.3 Å². The number of hydrogen-bond donors (Lipinski definition) is 3. The Morgan fingerprint density at radius 2 is 0.488 bits per heavy atom. The number of esters is 4. The fourth-order valence-corrected chi connectivity index (χ4v) is 11.5. The molecule has 0 aromatic carbocycles. The molecule has 0 spiro atoms. The maximum atomic E-state index is 13.0. The first-order valence-corrected chi connectivity index (χ1v) is 37.7. The monoisotopic (exact) mass is 1270 g/mol. The third-order valence-corrected chi connectivity index (χ3v) is 17.2. The summed E-state index contributed by atoms with van der Waals surface area (Å²) >= 11 is 0. The van der Waals surface area contributed by atoms with Crippen molar-refractivity contribution in [3.05, 3.63) is 0 Å². The van der Waals surface area contributed by atoms with Gasteiger partial charge in [0.15, 0.2) is 12.2 Å². The lowest BCUT2D eigenvalue weighted by atomic mass is 10.0. The van der Waals surface area contributed by atoms with Crippen molar-refractivity contribution in [1.29, 1.82) is 0 Å². The van der Waals surface area contributed by atoms with E-state index in [1.54, 1.807) is 0 Å². The molecule has 0 bridgehead atoms. The number of phosphoric acid groups is 2. The van der Waals surface area contributed by atoms with Crippen molar-refractivity contribution in [2.24, 2.45) is 23.7 Å². The number of phosphoric ester groups is 2. The lowest BCUT2D eigenvalue weighted by Gasteiger charge is -2.21. The van der Waals surface area contributed by atoms with Crippen LogP contribution in [0.2, 0.25) is 0 Å². The van der Waals surface area contributed by atoms with Crippen LogP contribution < -0.4 is 0 Å². The molecule has 0 aliphatic heterocycles. The second kappa shape index (κ2) is 57.0. The molecule has 0 radical (unpaired) electrons. The first kappa shape index (κ1) is 84.1. The molecule has 0 aliphatic rings. The quantitative estimate of drug-likeness (QED) is 0.0222. The summed E-state index contributed by atoms with van der Waals surface area (Å²) in [6.07, 6.45) is 37.8. The summed E-state index contributed by atoms with van der Waals surface area (Å²) in [5.74, 6) is 0.764. The molecule has 0 saturated heterocycles. The van der Waals surface area contributed by atoms with Gasteiger partial charge in [0, 0.05) is 25.7 Å². The van der Waals surface area contributed by atoms with E-state index in [0.717, 1.165) is 114 Å². The van der Waals surface area contributed by atoms with E-state index in [-0.39, 0.29) is 25.7 Å². The first-order chi connectivity index (χ1) is 41.1. The SMILES string of the molecule is CC(C)CCCCCCCCCCCCCCC(=O)O[C@H](COC(=O)CCCCCCCCC(C)C)COP(=O)(O)OC[C@H](O)COP(=O)(O)OC[C@@H](COC(=O)CCCCCCCCCCC(C)C)OC(=O)CCCCCCCCCCC(C)C.